The van der Waals surface area contributed by atoms with Gasteiger partial charge in [-0.1, -0.05) is 35.3 Å². The molecule has 0 fully saturated rings. The van der Waals surface area contributed by atoms with Crippen molar-refractivity contribution in [1.82, 2.24) is 9.55 Å². The number of aromatic nitrogens is 2. The number of halogens is 2. The van der Waals surface area contributed by atoms with Crippen LogP contribution in [0.3, 0.4) is 0 Å². The summed E-state index contributed by atoms with van der Waals surface area (Å²) in [6.07, 6.45) is 1.41. The summed E-state index contributed by atoms with van der Waals surface area (Å²) in [4.78, 5) is 26.0. The fourth-order valence-corrected chi connectivity index (χ4v) is 1.70. The predicted molar refractivity (Wildman–Crippen MR) is 72.5 cm³/mol. The Morgan fingerprint density at radius 1 is 1.37 bits per heavy atom. The van der Waals surface area contributed by atoms with Crippen LogP contribution in [0.2, 0.25) is 0 Å². The van der Waals surface area contributed by atoms with Crippen LogP contribution < -0.4 is 5.56 Å². The highest BCUT2D eigenvalue weighted by atomic mass is 35.5. The van der Waals surface area contributed by atoms with E-state index in [4.69, 9.17) is 27.9 Å². The SMILES string of the molecule is O=C(OCCn1cnc2ccccc2c1=O)C(Cl)Cl. The number of fused-ring (bicyclic) bond motifs is 1. The molecule has 0 unspecified atom stereocenters. The Balaban J connectivity index is 2.12. The molecule has 19 heavy (non-hydrogen) atoms. The van der Waals surface area contributed by atoms with Crippen LogP contribution in [0, 0.1) is 0 Å². The highest BCUT2D eigenvalue weighted by molar-refractivity contribution is 6.52. The first-order valence-corrected chi connectivity index (χ1v) is 6.36. The minimum atomic E-state index is -1.22. The lowest BCUT2D eigenvalue weighted by atomic mass is 10.2. The quantitative estimate of drug-likeness (QED) is 0.637. The summed E-state index contributed by atoms with van der Waals surface area (Å²) in [5, 5.41) is 0.517. The molecule has 100 valence electrons. The van der Waals surface area contributed by atoms with Gasteiger partial charge in [-0.15, -0.1) is 0 Å². The number of benzene rings is 1. The summed E-state index contributed by atoms with van der Waals surface area (Å²) in [6.45, 7) is 0.206. The first-order valence-electron chi connectivity index (χ1n) is 5.48. The third-order valence-corrected chi connectivity index (χ3v) is 2.84. The van der Waals surface area contributed by atoms with Crippen molar-refractivity contribution in [2.24, 2.45) is 0 Å². The molecule has 2 aromatic rings. The van der Waals surface area contributed by atoms with Crippen molar-refractivity contribution in [2.75, 3.05) is 6.61 Å². The molecule has 0 aliphatic carbocycles. The van der Waals surface area contributed by atoms with E-state index in [0.29, 0.717) is 10.9 Å². The van der Waals surface area contributed by atoms with Crippen LogP contribution in [0.15, 0.2) is 35.4 Å². The molecule has 0 bridgehead atoms. The molecule has 2 rings (SSSR count). The Morgan fingerprint density at radius 2 is 2.11 bits per heavy atom. The number of ether oxygens (including phenoxy) is 1. The number of rotatable bonds is 4. The van der Waals surface area contributed by atoms with Crippen molar-refractivity contribution in [3.05, 3.63) is 40.9 Å². The summed E-state index contributed by atoms with van der Waals surface area (Å²) in [7, 11) is 0. The fraction of sp³-hybridized carbons (Fsp3) is 0.250. The molecule has 0 spiro atoms. The summed E-state index contributed by atoms with van der Waals surface area (Å²) >= 11 is 10.7. The molecule has 1 aromatic carbocycles. The van der Waals surface area contributed by atoms with Gasteiger partial charge >= 0.3 is 5.97 Å². The zero-order valence-corrected chi connectivity index (χ0v) is 11.3. The summed E-state index contributed by atoms with van der Waals surface area (Å²) in [5.74, 6) is -0.731. The van der Waals surface area contributed by atoms with Crippen LogP contribution in [0.5, 0.6) is 0 Å². The van der Waals surface area contributed by atoms with E-state index in [1.807, 2.05) is 6.07 Å². The second kappa shape index (κ2) is 6.04. The van der Waals surface area contributed by atoms with Crippen molar-refractivity contribution >= 4 is 40.1 Å². The maximum Gasteiger partial charge on any atom is 0.339 e. The van der Waals surface area contributed by atoms with Crippen LogP contribution in [0.25, 0.3) is 10.9 Å². The van der Waals surface area contributed by atoms with Gasteiger partial charge in [0.25, 0.3) is 5.56 Å². The van der Waals surface area contributed by atoms with Crippen molar-refractivity contribution in [3.8, 4) is 0 Å². The molecule has 0 N–H and O–H groups in total. The lowest BCUT2D eigenvalue weighted by Gasteiger charge is -2.07. The number of nitrogens with zero attached hydrogens (tertiary/aromatic N) is 2. The van der Waals surface area contributed by atoms with Gasteiger partial charge in [-0.05, 0) is 12.1 Å². The number of carbonyl (C=O) groups is 1. The Bertz CT molecular complexity index is 655. The summed E-state index contributed by atoms with van der Waals surface area (Å²) in [6, 6.07) is 7.02. The Morgan fingerprint density at radius 3 is 2.84 bits per heavy atom. The van der Waals surface area contributed by atoms with Gasteiger partial charge in [-0.25, -0.2) is 9.78 Å². The zero-order valence-electron chi connectivity index (χ0n) is 9.75. The number of esters is 1. The van der Waals surface area contributed by atoms with Crippen molar-refractivity contribution in [1.29, 1.82) is 0 Å². The normalized spacial score (nSPS) is 10.9. The second-order valence-electron chi connectivity index (χ2n) is 3.73. The Hall–Kier alpha value is -1.59. The van der Waals surface area contributed by atoms with Gasteiger partial charge in [-0.2, -0.15) is 0 Å². The highest BCUT2D eigenvalue weighted by Gasteiger charge is 2.12. The number of carbonyl (C=O) groups excluding carboxylic acids is 1. The lowest BCUT2D eigenvalue weighted by Crippen LogP contribution is -2.24. The predicted octanol–water partition coefficient (Wildman–Crippen LogP) is 1.74. The fourth-order valence-electron chi connectivity index (χ4n) is 1.57. The average Bonchev–Trinajstić information content (AvgIpc) is 2.41. The average molecular weight is 301 g/mol. The second-order valence-corrected chi connectivity index (χ2v) is 4.82. The third kappa shape index (κ3) is 3.24. The first kappa shape index (κ1) is 13.8. The van der Waals surface area contributed by atoms with Gasteiger partial charge in [0.05, 0.1) is 23.8 Å². The molecule has 0 radical (unpaired) electrons. The Labute approximate surface area is 118 Å². The molecule has 1 heterocycles. The first-order chi connectivity index (χ1) is 9.09. The molecule has 0 aliphatic heterocycles. The van der Waals surface area contributed by atoms with Crippen molar-refractivity contribution in [2.45, 2.75) is 11.4 Å². The number of alkyl halides is 2. The molecule has 0 saturated carbocycles. The molecule has 7 heteroatoms. The molecule has 1 aromatic heterocycles. The molecular weight excluding hydrogens is 291 g/mol. The monoisotopic (exact) mass is 300 g/mol. The van der Waals surface area contributed by atoms with Crippen LogP contribution in [-0.2, 0) is 16.1 Å². The van der Waals surface area contributed by atoms with Crippen LogP contribution in [-0.4, -0.2) is 27.0 Å². The molecule has 0 atom stereocenters. The van der Waals surface area contributed by atoms with E-state index >= 15 is 0 Å². The van der Waals surface area contributed by atoms with E-state index in [1.54, 1.807) is 18.2 Å². The van der Waals surface area contributed by atoms with Gasteiger partial charge in [0.2, 0.25) is 4.84 Å². The topological polar surface area (TPSA) is 61.2 Å². The van der Waals surface area contributed by atoms with Crippen LogP contribution in [0.4, 0.5) is 0 Å². The smallest absolute Gasteiger partial charge is 0.339 e. The van der Waals surface area contributed by atoms with E-state index in [-0.39, 0.29) is 18.7 Å². The number of para-hydroxylation sites is 1. The van der Waals surface area contributed by atoms with Crippen molar-refractivity contribution in [3.63, 3.8) is 0 Å². The maximum atomic E-state index is 12.1. The zero-order chi connectivity index (χ0) is 13.8. The van der Waals surface area contributed by atoms with Crippen LogP contribution in [0.1, 0.15) is 0 Å². The maximum absolute atomic E-state index is 12.1. The minimum Gasteiger partial charge on any atom is -0.462 e. The Kier molecular flexibility index (Phi) is 4.39. The molecule has 0 amide bonds. The van der Waals surface area contributed by atoms with E-state index in [2.05, 4.69) is 4.98 Å². The standard InChI is InChI=1S/C12H10Cl2N2O3/c13-10(14)12(18)19-6-5-16-7-15-9-4-2-1-3-8(9)11(16)17/h1-4,7,10H,5-6H2. The lowest BCUT2D eigenvalue weighted by molar-refractivity contribution is -0.141. The minimum absolute atomic E-state index is 0.00863. The molecule has 0 saturated heterocycles. The van der Waals surface area contributed by atoms with Gasteiger partial charge in [0.15, 0.2) is 0 Å². The van der Waals surface area contributed by atoms with Crippen LogP contribution >= 0.6 is 23.2 Å². The van der Waals surface area contributed by atoms with Gasteiger partial charge < -0.3 is 4.74 Å². The molecular formula is C12H10Cl2N2O3. The third-order valence-electron chi connectivity index (χ3n) is 2.49. The number of hydrogen-bond acceptors (Lipinski definition) is 4. The molecule has 5 nitrogen and oxygen atoms in total. The largest absolute Gasteiger partial charge is 0.462 e. The van der Waals surface area contributed by atoms with Crippen molar-refractivity contribution < 1.29 is 9.53 Å². The highest BCUT2D eigenvalue weighted by Crippen LogP contribution is 2.05. The van der Waals surface area contributed by atoms with Gasteiger partial charge in [0.1, 0.15) is 6.61 Å². The van der Waals surface area contributed by atoms with E-state index in [9.17, 15) is 9.59 Å². The summed E-state index contributed by atoms with van der Waals surface area (Å²) in [5.41, 5.74) is 0.442. The molecule has 0 aliphatic rings. The van der Waals surface area contributed by atoms with Gasteiger partial charge in [-0.3, -0.25) is 9.36 Å². The number of hydrogen-bond donors (Lipinski definition) is 0. The van der Waals surface area contributed by atoms with E-state index < -0.39 is 10.8 Å². The van der Waals surface area contributed by atoms with Gasteiger partial charge in [0, 0.05) is 0 Å². The van der Waals surface area contributed by atoms with E-state index in [1.165, 1.54) is 10.9 Å². The summed E-state index contributed by atoms with van der Waals surface area (Å²) < 4.78 is 6.15. The van der Waals surface area contributed by atoms with E-state index in [0.717, 1.165) is 0 Å².